The lowest BCUT2D eigenvalue weighted by molar-refractivity contribution is -0.114. The number of carbonyl (C=O) groups excluding carboxylic acids is 1. The fourth-order valence-corrected chi connectivity index (χ4v) is 4.92. The highest BCUT2D eigenvalue weighted by Crippen LogP contribution is 2.32. The van der Waals surface area contributed by atoms with Gasteiger partial charge in [0.2, 0.25) is 5.91 Å². The van der Waals surface area contributed by atoms with E-state index in [9.17, 15) is 13.2 Å². The number of anilines is 2. The van der Waals surface area contributed by atoms with Crippen LogP contribution in [0.1, 0.15) is 5.56 Å². The largest absolute Gasteiger partial charge is 0.495 e. The summed E-state index contributed by atoms with van der Waals surface area (Å²) in [4.78, 5) is 12.9. The van der Waals surface area contributed by atoms with Gasteiger partial charge in [0.15, 0.2) is 11.5 Å². The number of sulfonamides is 1. The number of aryl methyl sites for hydroxylation is 1. The van der Waals surface area contributed by atoms with Crippen molar-refractivity contribution in [3.63, 3.8) is 0 Å². The van der Waals surface area contributed by atoms with Crippen LogP contribution >= 0.6 is 0 Å². The lowest BCUT2D eigenvalue weighted by atomic mass is 10.2. The lowest BCUT2D eigenvalue weighted by Gasteiger charge is -2.25. The predicted octanol–water partition coefficient (Wildman–Crippen LogP) is 3.85. The van der Waals surface area contributed by atoms with Crippen LogP contribution in [-0.2, 0) is 14.8 Å². The number of rotatable bonds is 9. The Kier molecular flexibility index (Phi) is 7.44. The summed E-state index contributed by atoms with van der Waals surface area (Å²) in [5.41, 5.74) is 1.54. The van der Waals surface area contributed by atoms with Gasteiger partial charge in [0.05, 0.1) is 27.0 Å². The molecule has 3 aromatic carbocycles. The molecule has 0 aliphatic heterocycles. The summed E-state index contributed by atoms with van der Waals surface area (Å²) >= 11 is 0. The topological polar surface area (TPSA) is 94.2 Å². The molecule has 1 amide bonds. The summed E-state index contributed by atoms with van der Waals surface area (Å²) in [6.45, 7) is 1.34. The summed E-state index contributed by atoms with van der Waals surface area (Å²) in [6, 6.07) is 18.2. The molecule has 0 aliphatic rings. The fourth-order valence-electron chi connectivity index (χ4n) is 3.26. The van der Waals surface area contributed by atoms with Crippen molar-refractivity contribution < 1.29 is 27.4 Å². The summed E-state index contributed by atoms with van der Waals surface area (Å²) < 4.78 is 44.1. The smallest absolute Gasteiger partial charge is 0.268 e. The molecule has 0 fully saturated rings. The molecular formula is C24H26N2O6S. The van der Waals surface area contributed by atoms with Crippen LogP contribution in [0.15, 0.2) is 71.6 Å². The molecule has 0 aromatic heterocycles. The van der Waals surface area contributed by atoms with Gasteiger partial charge in [-0.3, -0.25) is 9.10 Å². The van der Waals surface area contributed by atoms with E-state index in [-0.39, 0.29) is 10.6 Å². The number of amides is 1. The van der Waals surface area contributed by atoms with Gasteiger partial charge in [0.25, 0.3) is 10.0 Å². The normalized spacial score (nSPS) is 10.9. The number of carbonyl (C=O) groups is 1. The van der Waals surface area contributed by atoms with Crippen molar-refractivity contribution in [1.29, 1.82) is 0 Å². The third kappa shape index (κ3) is 5.38. The molecule has 0 heterocycles. The molecule has 9 heteroatoms. The van der Waals surface area contributed by atoms with Crippen molar-refractivity contribution in [3.05, 3.63) is 72.3 Å². The highest BCUT2D eigenvalue weighted by atomic mass is 32.2. The number of nitrogens with zero attached hydrogens (tertiary/aromatic N) is 1. The second-order valence-electron chi connectivity index (χ2n) is 7.12. The van der Waals surface area contributed by atoms with Crippen molar-refractivity contribution in [3.8, 4) is 17.2 Å². The molecule has 3 aromatic rings. The summed E-state index contributed by atoms with van der Waals surface area (Å²) in [5, 5.41) is 2.72. The minimum atomic E-state index is -4.13. The number of hydrogen-bond acceptors (Lipinski definition) is 6. The van der Waals surface area contributed by atoms with E-state index in [4.69, 9.17) is 14.2 Å². The molecule has 3 rings (SSSR count). The number of benzene rings is 3. The highest BCUT2D eigenvalue weighted by molar-refractivity contribution is 7.93. The third-order valence-electron chi connectivity index (χ3n) is 4.89. The Labute approximate surface area is 193 Å². The summed E-state index contributed by atoms with van der Waals surface area (Å²) in [6.07, 6.45) is 0. The molecule has 0 aliphatic carbocycles. The van der Waals surface area contributed by atoms with E-state index in [0.29, 0.717) is 22.9 Å². The van der Waals surface area contributed by atoms with Crippen LogP contribution in [0.25, 0.3) is 0 Å². The molecule has 33 heavy (non-hydrogen) atoms. The lowest BCUT2D eigenvalue weighted by Crippen LogP contribution is -2.38. The monoisotopic (exact) mass is 470 g/mol. The molecular weight excluding hydrogens is 444 g/mol. The Morgan fingerprint density at radius 1 is 0.848 bits per heavy atom. The van der Waals surface area contributed by atoms with Gasteiger partial charge in [-0.15, -0.1) is 0 Å². The van der Waals surface area contributed by atoms with Crippen LogP contribution in [0.4, 0.5) is 11.4 Å². The second kappa shape index (κ2) is 10.3. The molecule has 0 unspecified atom stereocenters. The van der Waals surface area contributed by atoms with Crippen LogP contribution in [0, 0.1) is 6.92 Å². The minimum Gasteiger partial charge on any atom is -0.495 e. The number of nitrogens with one attached hydrogen (secondary N) is 1. The molecule has 0 saturated carbocycles. The number of hydrogen-bond donors (Lipinski definition) is 1. The van der Waals surface area contributed by atoms with Crippen molar-refractivity contribution in [2.45, 2.75) is 11.8 Å². The van der Waals surface area contributed by atoms with Crippen molar-refractivity contribution in [1.82, 2.24) is 0 Å². The highest BCUT2D eigenvalue weighted by Gasteiger charge is 2.30. The number of ether oxygens (including phenoxy) is 3. The standard InChI is InChI=1S/C24H26N2O6S/c1-17-10-12-21(31-3)23(14-17)33(28,29)26(19-8-6-5-7-9-19)16-24(27)25-18-11-13-20(30-2)22(15-18)32-4/h5-15H,16H2,1-4H3,(H,25,27). The third-order valence-corrected chi connectivity index (χ3v) is 6.68. The van der Waals surface area contributed by atoms with E-state index >= 15 is 0 Å². The van der Waals surface area contributed by atoms with Crippen LogP contribution in [-0.4, -0.2) is 42.2 Å². The first kappa shape index (κ1) is 23.9. The van der Waals surface area contributed by atoms with Gasteiger partial charge in [-0.1, -0.05) is 24.3 Å². The Morgan fingerprint density at radius 2 is 1.48 bits per heavy atom. The molecule has 1 N–H and O–H groups in total. The SMILES string of the molecule is COc1ccc(NC(=O)CN(c2ccccc2)S(=O)(=O)c2cc(C)ccc2OC)cc1OC. The Balaban J connectivity index is 1.96. The Morgan fingerprint density at radius 3 is 2.12 bits per heavy atom. The molecule has 0 atom stereocenters. The maximum Gasteiger partial charge on any atom is 0.268 e. The van der Waals surface area contributed by atoms with E-state index in [2.05, 4.69) is 5.32 Å². The fraction of sp³-hybridized carbons (Fsp3) is 0.208. The molecule has 0 saturated heterocycles. The van der Waals surface area contributed by atoms with Gasteiger partial charge < -0.3 is 19.5 Å². The molecule has 0 bridgehead atoms. The summed E-state index contributed by atoms with van der Waals surface area (Å²) in [5.74, 6) is 0.617. The van der Waals surface area contributed by atoms with Gasteiger partial charge in [-0.2, -0.15) is 0 Å². The van der Waals surface area contributed by atoms with Gasteiger partial charge in [0, 0.05) is 11.8 Å². The number of para-hydroxylation sites is 1. The molecule has 0 radical (unpaired) electrons. The Bertz CT molecular complexity index is 1230. The Hall–Kier alpha value is -3.72. The van der Waals surface area contributed by atoms with Gasteiger partial charge in [0.1, 0.15) is 17.2 Å². The zero-order valence-electron chi connectivity index (χ0n) is 18.9. The van der Waals surface area contributed by atoms with E-state index < -0.39 is 22.5 Å². The first-order valence-electron chi connectivity index (χ1n) is 10.0. The van der Waals surface area contributed by atoms with Gasteiger partial charge in [-0.25, -0.2) is 8.42 Å². The van der Waals surface area contributed by atoms with Crippen LogP contribution < -0.4 is 23.8 Å². The average molecular weight is 471 g/mol. The maximum atomic E-state index is 13.7. The first-order chi connectivity index (χ1) is 15.8. The second-order valence-corrected chi connectivity index (χ2v) is 8.95. The maximum absolute atomic E-state index is 13.7. The quantitative estimate of drug-likeness (QED) is 0.511. The van der Waals surface area contributed by atoms with Crippen molar-refractivity contribution in [2.24, 2.45) is 0 Å². The van der Waals surface area contributed by atoms with Crippen LogP contribution in [0.2, 0.25) is 0 Å². The molecule has 174 valence electrons. The molecule has 0 spiro atoms. The summed E-state index contributed by atoms with van der Waals surface area (Å²) in [7, 11) is 0.276. The van der Waals surface area contributed by atoms with Gasteiger partial charge >= 0.3 is 0 Å². The van der Waals surface area contributed by atoms with Crippen LogP contribution in [0.5, 0.6) is 17.2 Å². The zero-order valence-corrected chi connectivity index (χ0v) is 19.7. The predicted molar refractivity (Wildman–Crippen MR) is 127 cm³/mol. The van der Waals surface area contributed by atoms with Gasteiger partial charge in [-0.05, 0) is 48.9 Å². The van der Waals surface area contributed by atoms with E-state index in [0.717, 1.165) is 9.87 Å². The van der Waals surface area contributed by atoms with E-state index in [1.54, 1.807) is 67.6 Å². The van der Waals surface area contributed by atoms with E-state index in [1.165, 1.54) is 27.4 Å². The van der Waals surface area contributed by atoms with Crippen LogP contribution in [0.3, 0.4) is 0 Å². The van der Waals surface area contributed by atoms with Crippen molar-refractivity contribution in [2.75, 3.05) is 37.5 Å². The van der Waals surface area contributed by atoms with Crippen molar-refractivity contribution >= 4 is 27.3 Å². The molecule has 8 nitrogen and oxygen atoms in total. The average Bonchev–Trinajstić information content (AvgIpc) is 2.82. The minimum absolute atomic E-state index is 0.0206. The zero-order chi connectivity index (χ0) is 24.0. The number of methoxy groups -OCH3 is 3. The first-order valence-corrected chi connectivity index (χ1v) is 11.5. The van der Waals surface area contributed by atoms with E-state index in [1.807, 2.05) is 0 Å².